The number of carbonyl (C=O) groups excluding carboxylic acids is 2. The molecule has 7 nitrogen and oxygen atoms in total. The van der Waals surface area contributed by atoms with Crippen LogP contribution in [0.2, 0.25) is 5.02 Å². The van der Waals surface area contributed by atoms with Gasteiger partial charge in [-0.05, 0) is 36.8 Å². The summed E-state index contributed by atoms with van der Waals surface area (Å²) >= 11 is 6.15. The molecule has 8 heteroatoms. The third kappa shape index (κ3) is 2.43. The highest BCUT2D eigenvalue weighted by atomic mass is 35.5. The second-order valence-electron chi connectivity index (χ2n) is 6.09. The molecule has 1 fully saturated rings. The van der Waals surface area contributed by atoms with Crippen molar-refractivity contribution in [1.29, 1.82) is 0 Å². The van der Waals surface area contributed by atoms with Gasteiger partial charge in [-0.25, -0.2) is 9.91 Å². The van der Waals surface area contributed by atoms with Crippen molar-refractivity contribution in [2.75, 3.05) is 17.0 Å². The molecule has 2 aromatic rings. The Bertz CT molecular complexity index is 946. The molecule has 26 heavy (non-hydrogen) atoms. The van der Waals surface area contributed by atoms with Crippen molar-refractivity contribution in [1.82, 2.24) is 0 Å². The van der Waals surface area contributed by atoms with Gasteiger partial charge in [0.25, 0.3) is 11.8 Å². The summed E-state index contributed by atoms with van der Waals surface area (Å²) in [5.74, 6) is -0.165. The van der Waals surface area contributed by atoms with E-state index < -0.39 is 18.0 Å². The number of aryl methyl sites for hydroxylation is 1. The Balaban J connectivity index is 1.70. The van der Waals surface area contributed by atoms with Crippen molar-refractivity contribution in [3.63, 3.8) is 0 Å². The van der Waals surface area contributed by atoms with E-state index in [1.165, 1.54) is 5.01 Å². The average Bonchev–Trinajstić information content (AvgIpc) is 3.18. The zero-order chi connectivity index (χ0) is 18.4. The number of carbonyl (C=O) groups is 2. The maximum atomic E-state index is 13.0. The molecule has 0 bridgehead atoms. The number of halogens is 1. The summed E-state index contributed by atoms with van der Waals surface area (Å²) in [4.78, 5) is 26.9. The van der Waals surface area contributed by atoms with E-state index in [0.29, 0.717) is 22.1 Å². The lowest BCUT2D eigenvalue weighted by Crippen LogP contribution is -2.39. The van der Waals surface area contributed by atoms with E-state index >= 15 is 0 Å². The van der Waals surface area contributed by atoms with Gasteiger partial charge in [0.05, 0.1) is 18.5 Å². The van der Waals surface area contributed by atoms with Gasteiger partial charge in [0.1, 0.15) is 5.75 Å². The molecule has 2 aromatic carbocycles. The van der Waals surface area contributed by atoms with Crippen LogP contribution < -0.4 is 14.6 Å². The number of benzene rings is 2. The van der Waals surface area contributed by atoms with Gasteiger partial charge >= 0.3 is 0 Å². The van der Waals surface area contributed by atoms with Crippen molar-refractivity contribution >= 4 is 34.8 Å². The van der Waals surface area contributed by atoms with Gasteiger partial charge in [0.15, 0.2) is 12.1 Å². The maximum Gasteiger partial charge on any atom is 0.263 e. The number of rotatable bonds is 3. The standard InChI is InChI=1S/C18H15ClN4O3/c1-10-6-7-11(9-14(10)19)22-17(24)15-16(18(22)25)23(21-20-15)12-4-3-5-13(8-12)26-2/h3-9,15-16H,1-2H3/t15-,16+/m1/s1. The molecule has 2 aliphatic rings. The third-order valence-corrected chi connectivity index (χ3v) is 4.92. The Labute approximate surface area is 154 Å². The number of imide groups is 1. The van der Waals surface area contributed by atoms with Crippen LogP contribution in [0.1, 0.15) is 5.56 Å². The Morgan fingerprint density at radius 1 is 1.08 bits per heavy atom. The van der Waals surface area contributed by atoms with Crippen LogP contribution in [-0.4, -0.2) is 31.0 Å². The summed E-state index contributed by atoms with van der Waals surface area (Å²) in [7, 11) is 1.56. The van der Waals surface area contributed by atoms with Crippen molar-refractivity contribution in [3.8, 4) is 5.75 Å². The van der Waals surface area contributed by atoms with Gasteiger partial charge in [-0.15, -0.1) is 0 Å². The fraction of sp³-hybridized carbons (Fsp3) is 0.222. The van der Waals surface area contributed by atoms with Crippen molar-refractivity contribution in [3.05, 3.63) is 53.1 Å². The van der Waals surface area contributed by atoms with Crippen LogP contribution >= 0.6 is 11.6 Å². The van der Waals surface area contributed by atoms with Crippen LogP contribution in [0.15, 0.2) is 52.8 Å². The highest BCUT2D eigenvalue weighted by molar-refractivity contribution is 6.32. The second-order valence-corrected chi connectivity index (χ2v) is 6.49. The molecule has 2 atom stereocenters. The van der Waals surface area contributed by atoms with Crippen molar-refractivity contribution in [2.24, 2.45) is 10.3 Å². The third-order valence-electron chi connectivity index (χ3n) is 4.51. The second kappa shape index (κ2) is 6.10. The molecule has 0 aromatic heterocycles. The van der Waals surface area contributed by atoms with Crippen LogP contribution in [-0.2, 0) is 9.59 Å². The molecule has 1 saturated heterocycles. The first-order valence-corrected chi connectivity index (χ1v) is 8.37. The Hall–Kier alpha value is -2.93. The number of fused-ring (bicyclic) bond motifs is 1. The Kier molecular flexibility index (Phi) is 3.88. The number of nitrogens with zero attached hydrogens (tertiary/aromatic N) is 4. The topological polar surface area (TPSA) is 74.6 Å². The molecule has 0 N–H and O–H groups in total. The molecule has 0 spiro atoms. The summed E-state index contributed by atoms with van der Waals surface area (Å²) in [5, 5.41) is 10.0. The minimum absolute atomic E-state index is 0.382. The fourth-order valence-corrected chi connectivity index (χ4v) is 3.28. The molecule has 0 saturated carbocycles. The van der Waals surface area contributed by atoms with E-state index in [9.17, 15) is 9.59 Å². The SMILES string of the molecule is COc1cccc(N2N=N[C@H]3C(=O)N(c4ccc(C)c(Cl)c4)C(=O)[C@H]32)c1. The van der Waals surface area contributed by atoms with Crippen LogP contribution in [0.5, 0.6) is 5.75 Å². The molecule has 0 radical (unpaired) electrons. The molecule has 132 valence electrons. The number of anilines is 2. The van der Waals surface area contributed by atoms with E-state index in [1.54, 1.807) is 49.6 Å². The van der Waals surface area contributed by atoms with Crippen LogP contribution in [0.25, 0.3) is 0 Å². The first kappa shape index (κ1) is 16.5. The van der Waals surface area contributed by atoms with Gasteiger partial charge in [0.2, 0.25) is 0 Å². The largest absolute Gasteiger partial charge is 0.497 e. The molecular weight excluding hydrogens is 356 g/mol. The lowest BCUT2D eigenvalue weighted by atomic mass is 10.1. The van der Waals surface area contributed by atoms with Crippen LogP contribution in [0.4, 0.5) is 11.4 Å². The van der Waals surface area contributed by atoms with Crippen molar-refractivity contribution in [2.45, 2.75) is 19.0 Å². The van der Waals surface area contributed by atoms with Gasteiger partial charge < -0.3 is 4.74 Å². The quantitative estimate of drug-likeness (QED) is 0.778. The normalized spacial score (nSPS) is 21.5. The molecule has 4 rings (SSSR count). The molecular formula is C18H15ClN4O3. The van der Waals surface area contributed by atoms with E-state index in [-0.39, 0.29) is 5.91 Å². The number of amides is 2. The maximum absolute atomic E-state index is 13.0. The van der Waals surface area contributed by atoms with Crippen LogP contribution in [0.3, 0.4) is 0 Å². The predicted molar refractivity (Wildman–Crippen MR) is 96.6 cm³/mol. The number of hydrogen-bond donors (Lipinski definition) is 0. The predicted octanol–water partition coefficient (Wildman–Crippen LogP) is 3.15. The fourth-order valence-electron chi connectivity index (χ4n) is 3.10. The van der Waals surface area contributed by atoms with Crippen molar-refractivity contribution < 1.29 is 14.3 Å². The van der Waals surface area contributed by atoms with Gasteiger partial charge in [-0.3, -0.25) is 9.59 Å². The van der Waals surface area contributed by atoms with Gasteiger partial charge in [0, 0.05) is 11.1 Å². The monoisotopic (exact) mass is 370 g/mol. The Morgan fingerprint density at radius 3 is 2.62 bits per heavy atom. The molecule has 0 unspecified atom stereocenters. The summed E-state index contributed by atoms with van der Waals surface area (Å²) in [6.45, 7) is 1.85. The number of hydrogen-bond acceptors (Lipinski definition) is 6. The molecule has 2 amide bonds. The highest BCUT2D eigenvalue weighted by Gasteiger charge is 2.55. The smallest absolute Gasteiger partial charge is 0.263 e. The minimum Gasteiger partial charge on any atom is -0.497 e. The van der Waals surface area contributed by atoms with E-state index in [0.717, 1.165) is 10.5 Å². The first-order valence-electron chi connectivity index (χ1n) is 7.99. The lowest BCUT2D eigenvalue weighted by molar-refractivity contribution is -0.121. The molecule has 2 heterocycles. The zero-order valence-electron chi connectivity index (χ0n) is 14.1. The van der Waals surface area contributed by atoms with Gasteiger partial charge in [-0.2, -0.15) is 5.11 Å². The summed E-state index contributed by atoms with van der Waals surface area (Å²) in [6, 6.07) is 10.5. The molecule has 2 aliphatic heterocycles. The summed E-state index contributed by atoms with van der Waals surface area (Å²) < 4.78 is 5.21. The minimum atomic E-state index is -0.867. The number of methoxy groups -OCH3 is 1. The van der Waals surface area contributed by atoms with E-state index in [4.69, 9.17) is 16.3 Å². The lowest BCUT2D eigenvalue weighted by Gasteiger charge is -2.21. The summed E-state index contributed by atoms with van der Waals surface area (Å²) in [6.07, 6.45) is 0. The van der Waals surface area contributed by atoms with Crippen LogP contribution in [0, 0.1) is 6.92 Å². The highest BCUT2D eigenvalue weighted by Crippen LogP contribution is 2.36. The average molecular weight is 371 g/mol. The summed E-state index contributed by atoms with van der Waals surface area (Å²) in [5.41, 5.74) is 1.93. The zero-order valence-corrected chi connectivity index (χ0v) is 14.8. The van der Waals surface area contributed by atoms with E-state index in [2.05, 4.69) is 10.3 Å². The van der Waals surface area contributed by atoms with Gasteiger partial charge in [-0.1, -0.05) is 29.0 Å². The van der Waals surface area contributed by atoms with E-state index in [1.807, 2.05) is 6.92 Å². The number of ether oxygens (including phenoxy) is 1. The molecule has 0 aliphatic carbocycles. The first-order chi connectivity index (χ1) is 12.5. The Morgan fingerprint density at radius 2 is 1.88 bits per heavy atom.